The summed E-state index contributed by atoms with van der Waals surface area (Å²) in [5, 5.41) is 11.5. The first-order valence-electron chi connectivity index (χ1n) is 6.63. The minimum Gasteiger partial charge on any atom is -0.418 e. The van der Waals surface area contributed by atoms with Crippen LogP contribution in [-0.2, 0) is 0 Å². The van der Waals surface area contributed by atoms with Gasteiger partial charge in [0.1, 0.15) is 6.04 Å². The van der Waals surface area contributed by atoms with E-state index in [9.17, 15) is 0 Å². The smallest absolute Gasteiger partial charge is 0.247 e. The van der Waals surface area contributed by atoms with Crippen LogP contribution in [0.3, 0.4) is 0 Å². The van der Waals surface area contributed by atoms with E-state index in [1.54, 1.807) is 0 Å². The van der Waals surface area contributed by atoms with Crippen LogP contribution in [0.1, 0.15) is 18.9 Å². The third-order valence-electron chi connectivity index (χ3n) is 3.06. The quantitative estimate of drug-likeness (QED) is 0.747. The maximum atomic E-state index is 5.73. The van der Waals surface area contributed by atoms with Gasteiger partial charge in [-0.3, -0.25) is 0 Å². The monoisotopic (exact) mass is 343 g/mol. The van der Waals surface area contributed by atoms with Crippen LogP contribution >= 0.6 is 15.9 Å². The Bertz CT molecular complexity index is 710. The number of nitrogens with zero attached hydrogens (tertiary/aromatic N) is 2. The normalized spacial score (nSPS) is 12.1. The van der Waals surface area contributed by atoms with Gasteiger partial charge in [-0.25, -0.2) is 0 Å². The molecule has 0 fully saturated rings. The number of nitrogens with one attached hydrogen (secondary N) is 1. The molecular weight excluding hydrogens is 330 g/mol. The Kier molecular flexibility index (Phi) is 4.01. The van der Waals surface area contributed by atoms with Crippen LogP contribution in [0.2, 0.25) is 0 Å². The van der Waals surface area contributed by atoms with Crippen LogP contribution in [0, 0.1) is 0 Å². The minimum atomic E-state index is -0.0591. The average molecular weight is 344 g/mol. The maximum Gasteiger partial charge on any atom is 0.247 e. The summed E-state index contributed by atoms with van der Waals surface area (Å²) in [5.74, 6) is 1.10. The van der Waals surface area contributed by atoms with Crippen molar-refractivity contribution in [2.75, 3.05) is 5.32 Å². The Labute approximate surface area is 131 Å². The fourth-order valence-corrected chi connectivity index (χ4v) is 2.23. The van der Waals surface area contributed by atoms with Crippen molar-refractivity contribution >= 4 is 21.6 Å². The van der Waals surface area contributed by atoms with Crippen molar-refractivity contribution in [1.29, 1.82) is 0 Å². The summed E-state index contributed by atoms with van der Waals surface area (Å²) < 4.78 is 6.78. The standard InChI is InChI=1S/C16H14BrN3O/c1-11(18-14-9-7-13(17)8-10-14)15-19-20-16(21-15)12-5-3-2-4-6-12/h2-11,18H,1H3/t11-/m1/s1. The van der Waals surface area contributed by atoms with Gasteiger partial charge in [0.15, 0.2) is 0 Å². The number of aromatic nitrogens is 2. The predicted molar refractivity (Wildman–Crippen MR) is 85.9 cm³/mol. The molecule has 21 heavy (non-hydrogen) atoms. The molecule has 1 N–H and O–H groups in total. The molecule has 106 valence electrons. The Balaban J connectivity index is 1.75. The lowest BCUT2D eigenvalue weighted by Gasteiger charge is -2.11. The first-order chi connectivity index (χ1) is 10.2. The van der Waals surface area contributed by atoms with Gasteiger partial charge in [-0.15, -0.1) is 10.2 Å². The molecule has 1 atom stereocenters. The highest BCUT2D eigenvalue weighted by Gasteiger charge is 2.14. The van der Waals surface area contributed by atoms with E-state index < -0.39 is 0 Å². The van der Waals surface area contributed by atoms with Gasteiger partial charge in [0, 0.05) is 15.7 Å². The average Bonchev–Trinajstić information content (AvgIpc) is 3.00. The minimum absolute atomic E-state index is 0.0591. The van der Waals surface area contributed by atoms with E-state index in [4.69, 9.17) is 4.42 Å². The number of hydrogen-bond acceptors (Lipinski definition) is 4. The van der Waals surface area contributed by atoms with Gasteiger partial charge in [-0.1, -0.05) is 34.1 Å². The fourth-order valence-electron chi connectivity index (χ4n) is 1.96. The third kappa shape index (κ3) is 3.31. The van der Waals surface area contributed by atoms with Crippen molar-refractivity contribution in [3.05, 3.63) is 65.0 Å². The van der Waals surface area contributed by atoms with Crippen LogP contribution in [0.15, 0.2) is 63.5 Å². The number of hydrogen-bond donors (Lipinski definition) is 1. The molecule has 3 aromatic rings. The summed E-state index contributed by atoms with van der Waals surface area (Å²) in [4.78, 5) is 0. The van der Waals surface area contributed by atoms with Crippen molar-refractivity contribution in [1.82, 2.24) is 10.2 Å². The van der Waals surface area contributed by atoms with E-state index in [1.165, 1.54) is 0 Å². The van der Waals surface area contributed by atoms with Gasteiger partial charge >= 0.3 is 0 Å². The van der Waals surface area contributed by atoms with Gasteiger partial charge < -0.3 is 9.73 Å². The molecule has 0 radical (unpaired) electrons. The second kappa shape index (κ2) is 6.10. The summed E-state index contributed by atoms with van der Waals surface area (Å²) in [6, 6.07) is 17.6. The summed E-state index contributed by atoms with van der Waals surface area (Å²) in [6.45, 7) is 1.99. The molecule has 1 aromatic heterocycles. The molecule has 0 amide bonds. The molecule has 0 aliphatic carbocycles. The molecule has 0 saturated carbocycles. The molecule has 4 nitrogen and oxygen atoms in total. The maximum absolute atomic E-state index is 5.73. The molecule has 0 aliphatic heterocycles. The largest absolute Gasteiger partial charge is 0.418 e. The van der Waals surface area contributed by atoms with Crippen LogP contribution in [0.4, 0.5) is 5.69 Å². The zero-order chi connectivity index (χ0) is 14.7. The lowest BCUT2D eigenvalue weighted by atomic mass is 10.2. The molecular formula is C16H14BrN3O. The summed E-state index contributed by atoms with van der Waals surface area (Å²) in [6.07, 6.45) is 0. The zero-order valence-corrected chi connectivity index (χ0v) is 13.0. The van der Waals surface area contributed by atoms with Crippen LogP contribution in [0.5, 0.6) is 0 Å². The van der Waals surface area contributed by atoms with E-state index in [1.807, 2.05) is 61.5 Å². The number of benzene rings is 2. The number of anilines is 1. The fraction of sp³-hybridized carbons (Fsp3) is 0.125. The zero-order valence-electron chi connectivity index (χ0n) is 11.5. The summed E-state index contributed by atoms with van der Waals surface area (Å²) in [5.41, 5.74) is 1.93. The lowest BCUT2D eigenvalue weighted by Crippen LogP contribution is -2.06. The number of halogens is 1. The molecule has 5 heteroatoms. The molecule has 0 saturated heterocycles. The van der Waals surface area contributed by atoms with Crippen molar-refractivity contribution in [2.45, 2.75) is 13.0 Å². The molecule has 1 heterocycles. The molecule has 3 rings (SSSR count). The SMILES string of the molecule is C[C@@H](Nc1ccc(Br)cc1)c1nnc(-c2ccccc2)o1. The number of rotatable bonds is 4. The van der Waals surface area contributed by atoms with E-state index in [0.717, 1.165) is 15.7 Å². The molecule has 0 bridgehead atoms. The van der Waals surface area contributed by atoms with Crippen molar-refractivity contribution in [3.8, 4) is 11.5 Å². The van der Waals surface area contributed by atoms with E-state index in [-0.39, 0.29) is 6.04 Å². The topological polar surface area (TPSA) is 51.0 Å². The molecule has 0 spiro atoms. The Morgan fingerprint density at radius 1 is 1.00 bits per heavy atom. The first-order valence-corrected chi connectivity index (χ1v) is 7.42. The first kappa shape index (κ1) is 13.8. The summed E-state index contributed by atoms with van der Waals surface area (Å²) in [7, 11) is 0. The Morgan fingerprint density at radius 3 is 2.43 bits per heavy atom. The second-order valence-corrected chi connectivity index (χ2v) is 5.60. The predicted octanol–water partition coefficient (Wildman–Crippen LogP) is 4.67. The van der Waals surface area contributed by atoms with Gasteiger partial charge in [-0.05, 0) is 43.3 Å². The van der Waals surface area contributed by atoms with Crippen LogP contribution < -0.4 is 5.32 Å². The molecule has 2 aromatic carbocycles. The van der Waals surface area contributed by atoms with E-state index in [2.05, 4.69) is 31.4 Å². The highest BCUT2D eigenvalue weighted by Crippen LogP contribution is 2.23. The van der Waals surface area contributed by atoms with Crippen molar-refractivity contribution in [2.24, 2.45) is 0 Å². The third-order valence-corrected chi connectivity index (χ3v) is 3.59. The summed E-state index contributed by atoms with van der Waals surface area (Å²) >= 11 is 3.42. The highest BCUT2D eigenvalue weighted by molar-refractivity contribution is 9.10. The van der Waals surface area contributed by atoms with E-state index >= 15 is 0 Å². The van der Waals surface area contributed by atoms with Crippen molar-refractivity contribution < 1.29 is 4.42 Å². The molecule has 0 aliphatic rings. The van der Waals surface area contributed by atoms with Gasteiger partial charge in [-0.2, -0.15) is 0 Å². The molecule has 0 unspecified atom stereocenters. The van der Waals surface area contributed by atoms with Crippen molar-refractivity contribution in [3.63, 3.8) is 0 Å². The van der Waals surface area contributed by atoms with Crippen LogP contribution in [0.25, 0.3) is 11.5 Å². The van der Waals surface area contributed by atoms with Crippen LogP contribution in [-0.4, -0.2) is 10.2 Å². The van der Waals surface area contributed by atoms with Gasteiger partial charge in [0.2, 0.25) is 11.8 Å². The Morgan fingerprint density at radius 2 is 1.71 bits per heavy atom. The Hall–Kier alpha value is -2.14. The van der Waals surface area contributed by atoms with E-state index in [0.29, 0.717) is 11.8 Å². The lowest BCUT2D eigenvalue weighted by molar-refractivity contribution is 0.485. The highest BCUT2D eigenvalue weighted by atomic mass is 79.9. The second-order valence-electron chi connectivity index (χ2n) is 4.68. The van der Waals surface area contributed by atoms with Gasteiger partial charge in [0.25, 0.3) is 0 Å². The van der Waals surface area contributed by atoms with Gasteiger partial charge in [0.05, 0.1) is 0 Å².